The second-order valence-corrected chi connectivity index (χ2v) is 9.13. The number of aromatic nitrogens is 1. The van der Waals surface area contributed by atoms with Gasteiger partial charge < -0.3 is 24.1 Å². The molecule has 35 heavy (non-hydrogen) atoms. The number of amides is 2. The topological polar surface area (TPSA) is 82.0 Å². The van der Waals surface area contributed by atoms with E-state index in [1.165, 1.54) is 11.8 Å². The van der Waals surface area contributed by atoms with Crippen LogP contribution >= 0.6 is 11.8 Å². The number of fused-ring (bicyclic) bond motifs is 3. The number of anilines is 1. The number of methoxy groups -OCH3 is 2. The summed E-state index contributed by atoms with van der Waals surface area (Å²) in [5, 5.41) is 4.89. The standard InChI is InChI=1S/C26H31N3O5S/c1-5-34-12-8-11-27-25(31)24-23-20-9-6-7-10-21(20)28(2)26(23)35-16-22(30)29(24)17-13-18(32-3)15-19(14-17)33-4/h6-7,9-10,13-15,24H,5,8,11-12,16H2,1-4H3,(H,27,31)/t24-/m0/s1. The van der Waals surface area contributed by atoms with Crippen molar-refractivity contribution < 1.29 is 23.8 Å². The van der Waals surface area contributed by atoms with Crippen molar-refractivity contribution in [1.82, 2.24) is 9.88 Å². The van der Waals surface area contributed by atoms with E-state index in [1.807, 2.05) is 38.2 Å². The number of nitrogens with zero attached hydrogens (tertiary/aromatic N) is 2. The van der Waals surface area contributed by atoms with Crippen LogP contribution in [0.5, 0.6) is 11.5 Å². The fraction of sp³-hybridized carbons (Fsp3) is 0.385. The normalized spacial score (nSPS) is 15.6. The lowest BCUT2D eigenvalue weighted by Crippen LogP contribution is -2.44. The highest BCUT2D eigenvalue weighted by atomic mass is 32.2. The molecule has 0 aliphatic carbocycles. The monoisotopic (exact) mass is 497 g/mol. The number of carbonyl (C=O) groups excluding carboxylic acids is 2. The second kappa shape index (κ2) is 11.0. The summed E-state index contributed by atoms with van der Waals surface area (Å²) in [4.78, 5) is 29.0. The molecule has 1 aromatic heterocycles. The average molecular weight is 498 g/mol. The fourth-order valence-corrected chi connectivity index (χ4v) is 5.48. The quantitative estimate of drug-likeness (QED) is 0.452. The van der Waals surface area contributed by atoms with Crippen LogP contribution in [0, 0.1) is 0 Å². The molecule has 0 saturated carbocycles. The van der Waals surface area contributed by atoms with Crippen molar-refractivity contribution in [2.24, 2.45) is 7.05 Å². The number of rotatable bonds is 9. The van der Waals surface area contributed by atoms with Gasteiger partial charge in [-0.25, -0.2) is 0 Å². The number of benzene rings is 2. The maximum atomic E-state index is 13.8. The van der Waals surface area contributed by atoms with Crippen LogP contribution in [0.2, 0.25) is 0 Å². The lowest BCUT2D eigenvalue weighted by atomic mass is 10.0. The number of nitrogens with one attached hydrogen (secondary N) is 1. The van der Waals surface area contributed by atoms with Gasteiger partial charge in [0.15, 0.2) is 0 Å². The Morgan fingerprint density at radius 3 is 2.54 bits per heavy atom. The Morgan fingerprint density at radius 1 is 1.14 bits per heavy atom. The van der Waals surface area contributed by atoms with Crippen molar-refractivity contribution in [2.45, 2.75) is 24.4 Å². The van der Waals surface area contributed by atoms with Gasteiger partial charge in [-0.3, -0.25) is 14.5 Å². The number of ether oxygens (including phenoxy) is 3. The molecule has 8 nitrogen and oxygen atoms in total. The van der Waals surface area contributed by atoms with E-state index in [9.17, 15) is 9.59 Å². The Morgan fingerprint density at radius 2 is 1.86 bits per heavy atom. The van der Waals surface area contributed by atoms with Gasteiger partial charge >= 0.3 is 0 Å². The summed E-state index contributed by atoms with van der Waals surface area (Å²) >= 11 is 1.45. The molecule has 0 saturated heterocycles. The molecule has 1 aliphatic heterocycles. The van der Waals surface area contributed by atoms with Crippen molar-refractivity contribution in [2.75, 3.05) is 44.6 Å². The van der Waals surface area contributed by atoms with Crippen LogP contribution < -0.4 is 19.7 Å². The maximum Gasteiger partial charge on any atom is 0.247 e. The molecule has 1 atom stereocenters. The van der Waals surface area contributed by atoms with E-state index < -0.39 is 6.04 Å². The van der Waals surface area contributed by atoms with Gasteiger partial charge in [-0.15, -0.1) is 0 Å². The largest absolute Gasteiger partial charge is 0.497 e. The Labute approximate surface area is 209 Å². The predicted octanol–water partition coefficient (Wildman–Crippen LogP) is 3.92. The molecular formula is C26H31N3O5S. The van der Waals surface area contributed by atoms with Gasteiger partial charge in [-0.1, -0.05) is 30.0 Å². The van der Waals surface area contributed by atoms with Crippen LogP contribution in [0.1, 0.15) is 24.9 Å². The summed E-state index contributed by atoms with van der Waals surface area (Å²) in [5.41, 5.74) is 2.38. The van der Waals surface area contributed by atoms with E-state index >= 15 is 0 Å². The minimum atomic E-state index is -0.859. The van der Waals surface area contributed by atoms with Gasteiger partial charge in [0.05, 0.1) is 30.7 Å². The number of hydrogen-bond donors (Lipinski definition) is 1. The van der Waals surface area contributed by atoms with Crippen LogP contribution in [-0.4, -0.2) is 56.1 Å². The number of carbonyl (C=O) groups is 2. The van der Waals surface area contributed by atoms with Crippen molar-refractivity contribution in [3.8, 4) is 11.5 Å². The molecule has 0 unspecified atom stereocenters. The van der Waals surface area contributed by atoms with Crippen LogP contribution in [0.3, 0.4) is 0 Å². The fourth-order valence-electron chi connectivity index (χ4n) is 4.41. The zero-order valence-electron chi connectivity index (χ0n) is 20.5. The van der Waals surface area contributed by atoms with Crippen molar-refractivity contribution in [3.05, 3.63) is 48.0 Å². The van der Waals surface area contributed by atoms with Crippen molar-refractivity contribution in [3.63, 3.8) is 0 Å². The van der Waals surface area contributed by atoms with E-state index in [2.05, 4.69) is 9.88 Å². The number of aryl methyl sites for hydroxylation is 1. The molecule has 2 aromatic carbocycles. The van der Waals surface area contributed by atoms with E-state index in [1.54, 1.807) is 37.3 Å². The average Bonchev–Trinajstić information content (AvgIpc) is 3.05. The first kappa shape index (κ1) is 24.9. The summed E-state index contributed by atoms with van der Waals surface area (Å²) in [6.07, 6.45) is 0.685. The van der Waals surface area contributed by atoms with Crippen molar-refractivity contribution in [1.29, 1.82) is 0 Å². The van der Waals surface area contributed by atoms with E-state index in [0.717, 1.165) is 21.5 Å². The van der Waals surface area contributed by atoms with Gasteiger partial charge in [0.25, 0.3) is 0 Å². The third-order valence-corrected chi connectivity index (χ3v) is 7.21. The van der Waals surface area contributed by atoms with Crippen LogP contribution in [-0.2, 0) is 21.4 Å². The van der Waals surface area contributed by atoms with Gasteiger partial charge in [0.2, 0.25) is 11.8 Å². The van der Waals surface area contributed by atoms with Crippen LogP contribution in [0.15, 0.2) is 47.5 Å². The first-order valence-electron chi connectivity index (χ1n) is 11.6. The molecule has 3 aromatic rings. The number of hydrogen-bond acceptors (Lipinski definition) is 6. The third kappa shape index (κ3) is 4.97. The lowest BCUT2D eigenvalue weighted by molar-refractivity contribution is -0.125. The number of thioether (sulfide) groups is 1. The highest BCUT2D eigenvalue weighted by molar-refractivity contribution is 8.00. The molecule has 0 spiro atoms. The summed E-state index contributed by atoms with van der Waals surface area (Å²) in [7, 11) is 5.09. The summed E-state index contributed by atoms with van der Waals surface area (Å²) in [6, 6.07) is 12.4. The SMILES string of the molecule is CCOCCCNC(=O)[C@@H]1c2c(n(C)c3ccccc23)SCC(=O)N1c1cc(OC)cc(OC)c1. The summed E-state index contributed by atoms with van der Waals surface area (Å²) < 4.78 is 18.4. The Bertz CT molecular complexity index is 1200. The second-order valence-electron chi connectivity index (χ2n) is 8.16. The molecule has 186 valence electrons. The zero-order valence-corrected chi connectivity index (χ0v) is 21.3. The number of para-hydroxylation sites is 1. The van der Waals surface area contributed by atoms with Gasteiger partial charge in [-0.05, 0) is 19.4 Å². The van der Waals surface area contributed by atoms with E-state index in [0.29, 0.717) is 43.4 Å². The molecule has 0 fully saturated rings. The Balaban J connectivity index is 1.85. The highest BCUT2D eigenvalue weighted by Gasteiger charge is 2.40. The van der Waals surface area contributed by atoms with E-state index in [-0.39, 0.29) is 17.6 Å². The molecule has 1 aliphatic rings. The minimum Gasteiger partial charge on any atom is -0.497 e. The molecular weight excluding hydrogens is 466 g/mol. The molecule has 9 heteroatoms. The molecule has 2 amide bonds. The lowest BCUT2D eigenvalue weighted by Gasteiger charge is -2.30. The predicted molar refractivity (Wildman–Crippen MR) is 138 cm³/mol. The summed E-state index contributed by atoms with van der Waals surface area (Å²) in [6.45, 7) is 3.58. The van der Waals surface area contributed by atoms with Crippen LogP contribution in [0.4, 0.5) is 5.69 Å². The maximum absolute atomic E-state index is 13.8. The third-order valence-electron chi connectivity index (χ3n) is 6.05. The molecule has 2 heterocycles. The highest BCUT2D eigenvalue weighted by Crippen LogP contribution is 2.44. The first-order chi connectivity index (χ1) is 17.0. The smallest absolute Gasteiger partial charge is 0.247 e. The molecule has 0 radical (unpaired) electrons. The van der Waals surface area contributed by atoms with Gasteiger partial charge in [0.1, 0.15) is 17.5 Å². The molecule has 0 bridgehead atoms. The Kier molecular flexibility index (Phi) is 7.87. The van der Waals surface area contributed by atoms with Crippen molar-refractivity contribution >= 4 is 40.2 Å². The summed E-state index contributed by atoms with van der Waals surface area (Å²) in [5.74, 6) is 0.873. The molecule has 1 N–H and O–H groups in total. The van der Waals surface area contributed by atoms with Crippen LogP contribution in [0.25, 0.3) is 10.9 Å². The zero-order chi connectivity index (χ0) is 24.9. The Hall–Kier alpha value is -3.17. The minimum absolute atomic E-state index is 0.167. The van der Waals surface area contributed by atoms with Gasteiger partial charge in [0, 0.05) is 61.5 Å². The van der Waals surface area contributed by atoms with E-state index in [4.69, 9.17) is 14.2 Å². The first-order valence-corrected chi connectivity index (χ1v) is 12.6. The molecule has 4 rings (SSSR count). The van der Waals surface area contributed by atoms with Gasteiger partial charge in [-0.2, -0.15) is 0 Å².